The van der Waals surface area contributed by atoms with E-state index in [1.807, 2.05) is 23.9 Å². The molecule has 3 atom stereocenters. The predicted octanol–water partition coefficient (Wildman–Crippen LogP) is 4.98. The minimum atomic E-state index is -0.315. The summed E-state index contributed by atoms with van der Waals surface area (Å²) in [6, 6.07) is 10.9. The van der Waals surface area contributed by atoms with Gasteiger partial charge in [0.05, 0.1) is 31.5 Å². The summed E-state index contributed by atoms with van der Waals surface area (Å²) in [4.78, 5) is 29.0. The lowest BCUT2D eigenvalue weighted by Gasteiger charge is -2.14. The number of ether oxygens (including phenoxy) is 2. The summed E-state index contributed by atoms with van der Waals surface area (Å²) < 4.78 is 25.3. The van der Waals surface area contributed by atoms with E-state index in [2.05, 4.69) is 36.5 Å². The Morgan fingerprint density at radius 1 is 1.06 bits per heavy atom. The van der Waals surface area contributed by atoms with E-state index in [0.717, 1.165) is 53.2 Å². The van der Waals surface area contributed by atoms with Crippen molar-refractivity contribution in [2.24, 2.45) is 10.7 Å². The monoisotopic (exact) mass is 756 g/mol. The van der Waals surface area contributed by atoms with Gasteiger partial charge in [-0.15, -0.1) is 0 Å². The minimum absolute atomic E-state index is 0.00642. The Morgan fingerprint density at radius 3 is 2.76 bits per heavy atom. The number of thioether (sulfide) groups is 1. The maximum absolute atomic E-state index is 13.7. The third-order valence-corrected chi connectivity index (χ3v) is 12.8. The van der Waals surface area contributed by atoms with Crippen molar-refractivity contribution in [2.45, 2.75) is 62.3 Å². The smallest absolute Gasteiger partial charge is 0.220 e. The zero-order valence-electron chi connectivity index (χ0n) is 28.6. The summed E-state index contributed by atoms with van der Waals surface area (Å²) in [6.45, 7) is 1.55. The van der Waals surface area contributed by atoms with Crippen LogP contribution in [0.4, 0.5) is 15.9 Å². The van der Waals surface area contributed by atoms with E-state index in [0.29, 0.717) is 91.4 Å². The number of hydrogen-bond donors (Lipinski definition) is 6. The topological polar surface area (TPSA) is 168 Å². The number of anilines is 2. The summed E-state index contributed by atoms with van der Waals surface area (Å²) >= 11 is 1.95. The summed E-state index contributed by atoms with van der Waals surface area (Å²) in [5.41, 5.74) is 10.4. The lowest BCUT2D eigenvalue weighted by Crippen LogP contribution is -2.38. The fraction of sp³-hybridized carbons (Fsp3) is 0.486. The van der Waals surface area contributed by atoms with Crippen LogP contribution < -0.4 is 36.5 Å². The van der Waals surface area contributed by atoms with Crippen LogP contribution in [0.3, 0.4) is 0 Å². The number of methoxy groups -OCH3 is 1. The quantitative estimate of drug-likeness (QED) is 0.0532. The summed E-state index contributed by atoms with van der Waals surface area (Å²) in [6.07, 6.45) is 5.23. The van der Waals surface area contributed by atoms with Crippen molar-refractivity contribution >= 4 is 62.6 Å². The number of nitrogens with one attached hydrogen (secondary N) is 5. The molecular formula is C35H45FN8O4S3. The summed E-state index contributed by atoms with van der Waals surface area (Å²) in [7, 11) is 4.92. The first-order valence-corrected chi connectivity index (χ1v) is 20.8. The Morgan fingerprint density at radius 2 is 1.90 bits per heavy atom. The van der Waals surface area contributed by atoms with Crippen LogP contribution in [0.25, 0.3) is 11.3 Å². The highest BCUT2D eigenvalue weighted by atomic mass is 33.1. The number of amides is 2. The van der Waals surface area contributed by atoms with Crippen LogP contribution >= 0.6 is 33.3 Å². The van der Waals surface area contributed by atoms with E-state index in [-0.39, 0.29) is 23.7 Å². The molecule has 1 aliphatic carbocycles. The number of halogens is 1. The number of aromatic nitrogens is 2. The molecule has 3 aromatic rings. The Kier molecular flexibility index (Phi) is 13.2. The van der Waals surface area contributed by atoms with Crippen LogP contribution in [0.15, 0.2) is 41.4 Å². The lowest BCUT2D eigenvalue weighted by atomic mass is 10.0. The number of aromatic amines is 1. The van der Waals surface area contributed by atoms with Gasteiger partial charge in [-0.05, 0) is 55.2 Å². The third kappa shape index (κ3) is 9.98. The fourth-order valence-electron chi connectivity index (χ4n) is 6.41. The number of hydrogen-bond acceptors (Lipinski definition) is 12. The van der Waals surface area contributed by atoms with E-state index >= 15 is 0 Å². The number of H-pyrrole nitrogens is 1. The molecule has 1 fully saturated rings. The van der Waals surface area contributed by atoms with Crippen LogP contribution in [0.5, 0.6) is 11.5 Å². The number of nitrogens with two attached hydrogens (primary N) is 1. The fourth-order valence-corrected chi connectivity index (χ4v) is 9.82. The molecule has 0 spiro atoms. The van der Waals surface area contributed by atoms with Crippen LogP contribution in [-0.2, 0) is 16.0 Å². The molecule has 7 N–H and O–H groups in total. The molecule has 3 aliphatic rings. The molecule has 16 heteroatoms. The van der Waals surface area contributed by atoms with Crippen molar-refractivity contribution in [3.05, 3.63) is 53.3 Å². The second kappa shape index (κ2) is 18.1. The molecule has 12 nitrogen and oxygen atoms in total. The Hall–Kier alpha value is -3.76. The van der Waals surface area contributed by atoms with E-state index in [1.54, 1.807) is 40.8 Å². The first-order valence-electron chi connectivity index (χ1n) is 17.3. The van der Waals surface area contributed by atoms with E-state index < -0.39 is 0 Å². The Bertz CT molecular complexity index is 1710. The average molecular weight is 757 g/mol. The number of benzene rings is 2. The molecule has 51 heavy (non-hydrogen) atoms. The normalized spacial score (nSPS) is 18.3. The standard InChI is InChI=1S/C35H45FN8O4S3/c1-47-27-17-21-16-25-32(43-44-34(25)40-23-7-4-6-22(36)18-23)24(21)19-28(27)48-13-5-11-38-31(46)10-14-50-51-15-12-39-30(45)9-3-2-8-29-33-26(20-49-29)41-35(37)42-33/h4,6-7,17-19,26,29,33H,2-3,5,8-16,20H2,1H3,(H,38,46)(H,39,45)(H3,37,41,42)(H2,40,43,44). The Labute approximate surface area is 309 Å². The van der Waals surface area contributed by atoms with Gasteiger partial charge in [-0.1, -0.05) is 34.1 Å². The predicted molar refractivity (Wildman–Crippen MR) is 206 cm³/mol. The van der Waals surface area contributed by atoms with E-state index in [9.17, 15) is 14.0 Å². The summed E-state index contributed by atoms with van der Waals surface area (Å²) in [5, 5.41) is 20.4. The SMILES string of the molecule is COc1cc2c(cc1OCCCNC(=O)CCSSCCNC(=O)CCCCC1SCC3NC(N)=NC31)-c1[nH]nc(Nc3cccc(F)c3)c1C2. The molecular weight excluding hydrogens is 712 g/mol. The van der Waals surface area contributed by atoms with Gasteiger partial charge >= 0.3 is 0 Å². The zero-order valence-corrected chi connectivity index (χ0v) is 31.0. The number of carbonyl (C=O) groups is 2. The zero-order chi connectivity index (χ0) is 35.6. The maximum atomic E-state index is 13.7. The van der Waals surface area contributed by atoms with Gasteiger partial charge in [-0.3, -0.25) is 14.7 Å². The molecule has 274 valence electrons. The first-order chi connectivity index (χ1) is 24.9. The molecule has 3 heterocycles. The molecule has 0 bridgehead atoms. The number of rotatable bonds is 20. The highest BCUT2D eigenvalue weighted by molar-refractivity contribution is 8.76. The van der Waals surface area contributed by atoms with Crippen molar-refractivity contribution < 1.29 is 23.5 Å². The average Bonchev–Trinajstić information content (AvgIpc) is 3.87. The number of fused-ring (bicyclic) bond motifs is 4. The van der Waals surface area contributed by atoms with Gasteiger partial charge in [0.1, 0.15) is 5.82 Å². The van der Waals surface area contributed by atoms with E-state index in [4.69, 9.17) is 15.2 Å². The molecule has 0 radical (unpaired) electrons. The number of unbranched alkanes of at least 4 members (excludes halogenated alkanes) is 1. The van der Waals surface area contributed by atoms with Crippen molar-refractivity contribution in [1.29, 1.82) is 0 Å². The molecule has 2 aliphatic heterocycles. The van der Waals surface area contributed by atoms with Gasteiger partial charge in [-0.25, -0.2) is 9.38 Å². The van der Waals surface area contributed by atoms with Crippen molar-refractivity contribution in [3.8, 4) is 22.8 Å². The van der Waals surface area contributed by atoms with Gasteiger partial charge < -0.3 is 36.5 Å². The number of aliphatic imine (C=N–C) groups is 1. The van der Waals surface area contributed by atoms with Gasteiger partial charge in [0.25, 0.3) is 0 Å². The second-order valence-electron chi connectivity index (χ2n) is 12.6. The number of nitrogens with zero attached hydrogens (tertiary/aromatic N) is 2. The second-order valence-corrected chi connectivity index (χ2v) is 16.5. The van der Waals surface area contributed by atoms with Crippen LogP contribution in [0.1, 0.15) is 49.7 Å². The van der Waals surface area contributed by atoms with Crippen molar-refractivity contribution in [1.82, 2.24) is 26.1 Å². The van der Waals surface area contributed by atoms with Gasteiger partial charge in [0.15, 0.2) is 23.3 Å². The lowest BCUT2D eigenvalue weighted by molar-refractivity contribution is -0.121. The number of guanidine groups is 1. The third-order valence-electron chi connectivity index (χ3n) is 8.93. The highest BCUT2D eigenvalue weighted by Crippen LogP contribution is 2.44. The maximum Gasteiger partial charge on any atom is 0.220 e. The molecule has 0 saturated carbocycles. The van der Waals surface area contributed by atoms with Crippen molar-refractivity contribution in [3.63, 3.8) is 0 Å². The van der Waals surface area contributed by atoms with E-state index in [1.165, 1.54) is 12.1 Å². The van der Waals surface area contributed by atoms with Gasteiger partial charge in [0, 0.05) is 71.7 Å². The molecule has 1 aromatic heterocycles. The van der Waals surface area contributed by atoms with Gasteiger partial charge in [0.2, 0.25) is 11.8 Å². The molecule has 2 aromatic carbocycles. The largest absolute Gasteiger partial charge is 0.493 e. The first kappa shape index (κ1) is 37.0. The minimum Gasteiger partial charge on any atom is -0.493 e. The number of carbonyl (C=O) groups excluding carboxylic acids is 2. The molecule has 3 unspecified atom stereocenters. The molecule has 1 saturated heterocycles. The van der Waals surface area contributed by atoms with Gasteiger partial charge in [-0.2, -0.15) is 16.9 Å². The summed E-state index contributed by atoms with van der Waals surface area (Å²) in [5.74, 6) is 4.81. The highest BCUT2D eigenvalue weighted by Gasteiger charge is 2.40. The van der Waals surface area contributed by atoms with Crippen LogP contribution in [-0.4, -0.2) is 89.4 Å². The van der Waals surface area contributed by atoms with Crippen LogP contribution in [0, 0.1) is 5.82 Å². The van der Waals surface area contributed by atoms with Crippen LogP contribution in [0.2, 0.25) is 0 Å². The molecule has 2 amide bonds. The molecule has 6 rings (SSSR count). The van der Waals surface area contributed by atoms with Crippen molar-refractivity contribution in [2.75, 3.05) is 49.4 Å². The Balaban J connectivity index is 0.797.